The van der Waals surface area contributed by atoms with Gasteiger partial charge in [-0.3, -0.25) is 0 Å². The van der Waals surface area contributed by atoms with Crippen molar-refractivity contribution < 1.29 is 0 Å². The van der Waals surface area contributed by atoms with E-state index < -0.39 is 0 Å². The number of hydrogen-bond donors (Lipinski definition) is 0. The van der Waals surface area contributed by atoms with E-state index in [2.05, 4.69) is 15.2 Å². The number of pyridine rings is 1. The van der Waals surface area contributed by atoms with E-state index in [0.29, 0.717) is 15.9 Å². The smallest absolute Gasteiger partial charge is 0.175 e. The molecule has 17 heavy (non-hydrogen) atoms. The molecule has 0 amide bonds. The van der Waals surface area contributed by atoms with Crippen LogP contribution in [-0.4, -0.2) is 21.4 Å². The van der Waals surface area contributed by atoms with Crippen molar-refractivity contribution in [1.82, 2.24) is 15.2 Å². The molecule has 3 nitrogen and oxygen atoms in total. The molecule has 2 heterocycles. The second-order valence-corrected chi connectivity index (χ2v) is 6.94. The quantitative estimate of drug-likeness (QED) is 0.621. The summed E-state index contributed by atoms with van der Waals surface area (Å²) >= 11 is 16.5. The first kappa shape index (κ1) is 13.4. The highest BCUT2D eigenvalue weighted by Gasteiger charge is 2.07. The zero-order valence-electron chi connectivity index (χ0n) is 8.68. The number of halogens is 2. The zero-order valence-corrected chi connectivity index (χ0v) is 12.6. The van der Waals surface area contributed by atoms with E-state index in [1.165, 1.54) is 0 Å². The van der Waals surface area contributed by atoms with Gasteiger partial charge in [0.2, 0.25) is 0 Å². The first-order chi connectivity index (χ1) is 8.19. The molecule has 8 heteroatoms. The molecule has 0 bridgehead atoms. The molecular weight excluding hydrogens is 317 g/mol. The normalized spacial score (nSPS) is 10.8. The minimum absolute atomic E-state index is 0.451. The van der Waals surface area contributed by atoms with Gasteiger partial charge in [-0.05, 0) is 18.4 Å². The lowest BCUT2D eigenvalue weighted by Gasteiger charge is -2.01. The summed E-state index contributed by atoms with van der Waals surface area (Å²) in [6.45, 7) is 0. The van der Waals surface area contributed by atoms with Gasteiger partial charge < -0.3 is 0 Å². The Labute approximate surface area is 121 Å². The average Bonchev–Trinajstić information content (AvgIpc) is 2.78. The van der Waals surface area contributed by atoms with Gasteiger partial charge in [0.1, 0.15) is 5.15 Å². The Morgan fingerprint density at radius 2 is 2.00 bits per heavy atom. The minimum Gasteiger partial charge on any atom is -0.239 e. The van der Waals surface area contributed by atoms with Gasteiger partial charge in [0, 0.05) is 5.75 Å². The van der Waals surface area contributed by atoms with Crippen LogP contribution in [0.15, 0.2) is 20.8 Å². The fourth-order valence-electron chi connectivity index (χ4n) is 1.03. The second kappa shape index (κ2) is 6.24. The molecule has 0 aliphatic rings. The molecule has 0 aliphatic carbocycles. The molecule has 2 aromatic rings. The lowest BCUT2D eigenvalue weighted by Crippen LogP contribution is -1.88. The van der Waals surface area contributed by atoms with Crippen LogP contribution in [0.4, 0.5) is 0 Å². The van der Waals surface area contributed by atoms with E-state index in [1.807, 2.05) is 6.26 Å². The molecule has 0 spiro atoms. The van der Waals surface area contributed by atoms with Gasteiger partial charge in [0.15, 0.2) is 8.68 Å². The van der Waals surface area contributed by atoms with Crippen molar-refractivity contribution in [2.24, 2.45) is 0 Å². The maximum absolute atomic E-state index is 6.02. The largest absolute Gasteiger partial charge is 0.239 e. The summed E-state index contributed by atoms with van der Waals surface area (Å²) in [6, 6.07) is 3.43. The molecule has 0 aromatic carbocycles. The number of thioether (sulfide) groups is 2. The highest BCUT2D eigenvalue weighted by Crippen LogP contribution is 2.31. The average molecular weight is 324 g/mol. The van der Waals surface area contributed by atoms with Crippen LogP contribution in [-0.2, 0) is 5.75 Å². The lowest BCUT2D eigenvalue weighted by atomic mass is 10.4. The summed E-state index contributed by atoms with van der Waals surface area (Å²) in [5.74, 6) is 0.641. The summed E-state index contributed by atoms with van der Waals surface area (Å²) in [4.78, 5) is 4.18. The topological polar surface area (TPSA) is 38.7 Å². The molecule has 0 saturated heterocycles. The van der Waals surface area contributed by atoms with Crippen molar-refractivity contribution in [3.63, 3.8) is 0 Å². The van der Waals surface area contributed by atoms with Crippen molar-refractivity contribution in [2.75, 3.05) is 6.26 Å². The van der Waals surface area contributed by atoms with Gasteiger partial charge in [-0.2, -0.15) is 0 Å². The van der Waals surface area contributed by atoms with Crippen molar-refractivity contribution in [3.05, 3.63) is 28.0 Å². The van der Waals surface area contributed by atoms with Crippen molar-refractivity contribution >= 4 is 58.1 Å². The van der Waals surface area contributed by atoms with Crippen molar-refractivity contribution in [2.45, 2.75) is 14.4 Å². The first-order valence-corrected chi connectivity index (χ1v) is 8.28. The lowest BCUT2D eigenvalue weighted by molar-refractivity contribution is 0.955. The van der Waals surface area contributed by atoms with E-state index >= 15 is 0 Å². The van der Waals surface area contributed by atoms with Crippen molar-refractivity contribution in [3.8, 4) is 0 Å². The van der Waals surface area contributed by atoms with Gasteiger partial charge in [-0.1, -0.05) is 58.1 Å². The van der Waals surface area contributed by atoms with Gasteiger partial charge in [-0.25, -0.2) is 4.98 Å². The molecule has 0 saturated carbocycles. The Morgan fingerprint density at radius 1 is 1.24 bits per heavy atom. The monoisotopic (exact) mass is 323 g/mol. The maximum atomic E-state index is 6.02. The van der Waals surface area contributed by atoms with Gasteiger partial charge in [0.05, 0.1) is 10.7 Å². The maximum Gasteiger partial charge on any atom is 0.175 e. The van der Waals surface area contributed by atoms with Crippen LogP contribution in [0, 0.1) is 0 Å². The predicted molar refractivity (Wildman–Crippen MR) is 75.5 cm³/mol. The zero-order chi connectivity index (χ0) is 12.3. The third-order valence-corrected chi connectivity index (χ3v) is 5.38. The molecule has 0 unspecified atom stereocenters. The van der Waals surface area contributed by atoms with E-state index in [4.69, 9.17) is 23.2 Å². The van der Waals surface area contributed by atoms with Crippen LogP contribution in [0.5, 0.6) is 0 Å². The van der Waals surface area contributed by atoms with Crippen LogP contribution in [0.3, 0.4) is 0 Å². The molecule has 0 N–H and O–H groups in total. The molecule has 90 valence electrons. The molecule has 2 rings (SSSR count). The van der Waals surface area contributed by atoms with E-state index in [-0.39, 0.29) is 0 Å². The van der Waals surface area contributed by atoms with Crippen molar-refractivity contribution in [1.29, 1.82) is 0 Å². The van der Waals surface area contributed by atoms with E-state index in [0.717, 1.165) is 14.4 Å². The Hall–Kier alpha value is -0.0100. The van der Waals surface area contributed by atoms with Crippen LogP contribution < -0.4 is 0 Å². The van der Waals surface area contributed by atoms with Gasteiger partial charge in [0.25, 0.3) is 0 Å². The Kier molecular flexibility index (Phi) is 4.93. The summed E-state index contributed by atoms with van der Waals surface area (Å²) in [5.41, 5.74) is 0.769. The van der Waals surface area contributed by atoms with Crippen LogP contribution in [0.25, 0.3) is 0 Å². The standard InChI is InChI=1S/C9H7Cl2N3S3/c1-15-8-13-14-9(17-8)16-4-6-5(10)2-3-7(11)12-6/h2-3H,4H2,1H3. The Bertz CT molecular complexity index is 518. The van der Waals surface area contributed by atoms with Crippen LogP contribution in [0.2, 0.25) is 10.2 Å². The number of rotatable bonds is 4. The molecule has 2 aromatic heterocycles. The van der Waals surface area contributed by atoms with Crippen LogP contribution >= 0.6 is 58.1 Å². The summed E-state index contributed by atoms with van der Waals surface area (Å²) in [6.07, 6.45) is 1.98. The van der Waals surface area contributed by atoms with Gasteiger partial charge >= 0.3 is 0 Å². The molecule has 0 aliphatic heterocycles. The summed E-state index contributed by atoms with van der Waals surface area (Å²) in [7, 11) is 0. The fourth-order valence-corrected chi connectivity index (χ4v) is 3.83. The number of aromatic nitrogens is 3. The highest BCUT2D eigenvalue weighted by molar-refractivity contribution is 8.02. The predicted octanol–water partition coefficient (Wildman–Crippen LogP) is 4.25. The molecule has 0 atom stereocenters. The van der Waals surface area contributed by atoms with Gasteiger partial charge in [-0.15, -0.1) is 10.2 Å². The van der Waals surface area contributed by atoms with E-state index in [9.17, 15) is 0 Å². The first-order valence-electron chi connectivity index (χ1n) is 4.50. The fraction of sp³-hybridized carbons (Fsp3) is 0.222. The highest BCUT2D eigenvalue weighted by atomic mass is 35.5. The Morgan fingerprint density at radius 3 is 2.71 bits per heavy atom. The van der Waals surface area contributed by atoms with Crippen LogP contribution in [0.1, 0.15) is 5.69 Å². The van der Waals surface area contributed by atoms with E-state index in [1.54, 1.807) is 47.0 Å². The molecule has 0 fully saturated rings. The molecule has 0 radical (unpaired) electrons. The summed E-state index contributed by atoms with van der Waals surface area (Å²) < 4.78 is 1.87. The summed E-state index contributed by atoms with van der Waals surface area (Å²) in [5, 5.41) is 9.15. The second-order valence-electron chi connectivity index (χ2n) is 2.89. The Balaban J connectivity index is 2.04. The SMILES string of the molecule is CSc1nnc(SCc2nc(Cl)ccc2Cl)s1. The molecular formula is C9H7Cl2N3S3. The minimum atomic E-state index is 0.451. The third-order valence-electron chi connectivity index (χ3n) is 1.78. The number of hydrogen-bond acceptors (Lipinski definition) is 6. The number of nitrogens with zero attached hydrogens (tertiary/aromatic N) is 3. The third kappa shape index (κ3) is 3.72.